The van der Waals surface area contributed by atoms with Crippen LogP contribution in [0.1, 0.15) is 32.6 Å². The molecule has 16 heavy (non-hydrogen) atoms. The van der Waals surface area contributed by atoms with Gasteiger partial charge in [-0.15, -0.1) is 0 Å². The molecule has 2 unspecified atom stereocenters. The molecule has 3 N–H and O–H groups in total. The lowest BCUT2D eigenvalue weighted by Crippen LogP contribution is -2.49. The molecule has 0 bridgehead atoms. The highest BCUT2D eigenvalue weighted by Crippen LogP contribution is 2.19. The Morgan fingerprint density at radius 1 is 1.56 bits per heavy atom. The first-order chi connectivity index (χ1) is 7.54. The summed E-state index contributed by atoms with van der Waals surface area (Å²) in [6, 6.07) is 1.12. The molecule has 4 nitrogen and oxygen atoms in total. The van der Waals surface area contributed by atoms with E-state index in [4.69, 9.17) is 11.1 Å². The van der Waals surface area contributed by atoms with Crippen LogP contribution in [0.15, 0.2) is 0 Å². The molecule has 0 amide bonds. The zero-order chi connectivity index (χ0) is 12.1. The van der Waals surface area contributed by atoms with Crippen LogP contribution in [-0.4, -0.2) is 54.9 Å². The van der Waals surface area contributed by atoms with E-state index in [-0.39, 0.29) is 0 Å². The number of nitrogens with zero attached hydrogens (tertiary/aromatic N) is 2. The third-order valence-electron chi connectivity index (χ3n) is 3.60. The molecule has 0 aromatic rings. The summed E-state index contributed by atoms with van der Waals surface area (Å²) >= 11 is 0. The minimum Gasteiger partial charge on any atom is -0.388 e. The fourth-order valence-corrected chi connectivity index (χ4v) is 2.52. The maximum Gasteiger partial charge on any atom is 0.0921 e. The Labute approximate surface area is 99.3 Å². The lowest BCUT2D eigenvalue weighted by atomic mass is 10.00. The van der Waals surface area contributed by atoms with Gasteiger partial charge in [-0.1, -0.05) is 6.92 Å². The Morgan fingerprint density at radius 3 is 2.75 bits per heavy atom. The van der Waals surface area contributed by atoms with Crippen LogP contribution in [0.25, 0.3) is 0 Å². The summed E-state index contributed by atoms with van der Waals surface area (Å²) in [6.07, 6.45) is 4.35. The number of likely N-dealkylation sites (N-methyl/N-ethyl adjacent to an activating group) is 1. The van der Waals surface area contributed by atoms with E-state index in [1.165, 1.54) is 12.8 Å². The predicted molar refractivity (Wildman–Crippen MR) is 68.9 cm³/mol. The highest BCUT2D eigenvalue weighted by molar-refractivity contribution is 5.77. The minimum atomic E-state index is 0.318. The van der Waals surface area contributed by atoms with Crippen molar-refractivity contribution in [2.24, 2.45) is 5.73 Å². The topological polar surface area (TPSA) is 56.4 Å². The fourth-order valence-electron chi connectivity index (χ4n) is 2.52. The Hall–Kier alpha value is -0.610. The van der Waals surface area contributed by atoms with Gasteiger partial charge in [0.2, 0.25) is 0 Å². The van der Waals surface area contributed by atoms with Crippen LogP contribution in [0, 0.1) is 5.41 Å². The third kappa shape index (κ3) is 3.76. The first-order valence-electron chi connectivity index (χ1n) is 6.28. The molecule has 0 aliphatic carbocycles. The van der Waals surface area contributed by atoms with Crippen LogP contribution < -0.4 is 5.73 Å². The molecule has 1 aliphatic heterocycles. The van der Waals surface area contributed by atoms with Crippen molar-refractivity contribution >= 4 is 5.84 Å². The molecule has 0 spiro atoms. The van der Waals surface area contributed by atoms with E-state index in [0.717, 1.165) is 25.9 Å². The Bertz CT molecular complexity index is 227. The Balaban J connectivity index is 2.53. The number of hydrogen-bond donors (Lipinski definition) is 2. The summed E-state index contributed by atoms with van der Waals surface area (Å²) < 4.78 is 0. The normalized spacial score (nSPS) is 24.6. The van der Waals surface area contributed by atoms with E-state index in [9.17, 15) is 0 Å². The molecule has 1 saturated heterocycles. The molecule has 0 aromatic carbocycles. The van der Waals surface area contributed by atoms with Crippen molar-refractivity contribution in [2.45, 2.75) is 44.7 Å². The van der Waals surface area contributed by atoms with E-state index in [1.807, 2.05) is 0 Å². The molecular weight excluding hydrogens is 200 g/mol. The second-order valence-corrected chi connectivity index (χ2v) is 5.05. The molecule has 0 aromatic heterocycles. The number of rotatable bonds is 5. The number of piperidine rings is 1. The number of amidine groups is 1. The van der Waals surface area contributed by atoms with Gasteiger partial charge in [0.1, 0.15) is 0 Å². The summed E-state index contributed by atoms with van der Waals surface area (Å²) in [7, 11) is 4.31. The molecule has 4 heteroatoms. The zero-order valence-electron chi connectivity index (χ0n) is 10.9. The first kappa shape index (κ1) is 13.5. The minimum absolute atomic E-state index is 0.318. The van der Waals surface area contributed by atoms with Crippen LogP contribution in [0.2, 0.25) is 0 Å². The maximum absolute atomic E-state index is 7.42. The summed E-state index contributed by atoms with van der Waals surface area (Å²) in [5.74, 6) is 0.318. The van der Waals surface area contributed by atoms with Crippen molar-refractivity contribution in [3.63, 3.8) is 0 Å². The van der Waals surface area contributed by atoms with Crippen molar-refractivity contribution in [3.05, 3.63) is 0 Å². The van der Waals surface area contributed by atoms with Gasteiger partial charge in [0.05, 0.1) is 5.84 Å². The van der Waals surface area contributed by atoms with Gasteiger partial charge < -0.3 is 10.6 Å². The summed E-state index contributed by atoms with van der Waals surface area (Å²) in [5.41, 5.74) is 5.52. The van der Waals surface area contributed by atoms with Crippen molar-refractivity contribution < 1.29 is 0 Å². The van der Waals surface area contributed by atoms with Crippen LogP contribution >= 0.6 is 0 Å². The predicted octanol–water partition coefficient (Wildman–Crippen LogP) is 1.12. The average molecular weight is 226 g/mol. The zero-order valence-corrected chi connectivity index (χ0v) is 10.9. The van der Waals surface area contributed by atoms with E-state index in [0.29, 0.717) is 17.9 Å². The van der Waals surface area contributed by atoms with E-state index in [2.05, 4.69) is 30.8 Å². The van der Waals surface area contributed by atoms with Gasteiger partial charge in [-0.2, -0.15) is 0 Å². The summed E-state index contributed by atoms with van der Waals surface area (Å²) in [4.78, 5) is 4.82. The smallest absolute Gasteiger partial charge is 0.0921 e. The van der Waals surface area contributed by atoms with Crippen LogP contribution in [0.5, 0.6) is 0 Å². The Kier molecular flexibility index (Phi) is 5.22. The van der Waals surface area contributed by atoms with E-state index in [1.54, 1.807) is 0 Å². The second kappa shape index (κ2) is 6.21. The highest BCUT2D eigenvalue weighted by Gasteiger charge is 2.26. The van der Waals surface area contributed by atoms with Crippen LogP contribution in [-0.2, 0) is 0 Å². The van der Waals surface area contributed by atoms with Crippen molar-refractivity contribution in [1.82, 2.24) is 9.80 Å². The molecule has 1 rings (SSSR count). The number of hydrogen-bond acceptors (Lipinski definition) is 3. The van der Waals surface area contributed by atoms with Gasteiger partial charge in [0.25, 0.3) is 0 Å². The summed E-state index contributed by atoms with van der Waals surface area (Å²) in [5, 5.41) is 7.42. The standard InChI is InChI=1S/C12H26N4/c1-4-10(8-12(13)14)16-7-5-6-11(9-16)15(2)3/h10-11H,4-9H2,1-3H3,(H3,13,14). The number of nitrogens with one attached hydrogen (secondary N) is 1. The van der Waals surface area contributed by atoms with Crippen molar-refractivity contribution in [1.29, 1.82) is 5.41 Å². The summed E-state index contributed by atoms with van der Waals surface area (Å²) in [6.45, 7) is 4.47. The van der Waals surface area contributed by atoms with Gasteiger partial charge in [0, 0.05) is 25.0 Å². The van der Waals surface area contributed by atoms with Gasteiger partial charge >= 0.3 is 0 Å². The van der Waals surface area contributed by atoms with Gasteiger partial charge in [-0.25, -0.2) is 0 Å². The molecular formula is C12H26N4. The quantitative estimate of drug-likeness (QED) is 0.545. The van der Waals surface area contributed by atoms with Gasteiger partial charge in [-0.3, -0.25) is 10.3 Å². The Morgan fingerprint density at radius 2 is 2.25 bits per heavy atom. The molecule has 1 aliphatic rings. The molecule has 94 valence electrons. The fraction of sp³-hybridized carbons (Fsp3) is 0.917. The second-order valence-electron chi connectivity index (χ2n) is 5.05. The number of likely N-dealkylation sites (tertiary alicyclic amines) is 1. The molecule has 0 saturated carbocycles. The number of nitrogens with two attached hydrogens (primary N) is 1. The van der Waals surface area contributed by atoms with Crippen molar-refractivity contribution in [3.8, 4) is 0 Å². The van der Waals surface area contributed by atoms with Gasteiger partial charge in [0.15, 0.2) is 0 Å². The van der Waals surface area contributed by atoms with Crippen molar-refractivity contribution in [2.75, 3.05) is 27.2 Å². The van der Waals surface area contributed by atoms with E-state index >= 15 is 0 Å². The SMILES string of the molecule is CCC(CC(=N)N)N1CCCC(N(C)C)C1. The van der Waals surface area contributed by atoms with Crippen LogP contribution in [0.4, 0.5) is 0 Å². The maximum atomic E-state index is 7.42. The molecule has 1 heterocycles. The lowest BCUT2D eigenvalue weighted by molar-refractivity contribution is 0.0961. The molecule has 1 fully saturated rings. The molecule has 2 atom stereocenters. The lowest BCUT2D eigenvalue weighted by Gasteiger charge is -2.40. The monoisotopic (exact) mass is 226 g/mol. The van der Waals surface area contributed by atoms with E-state index < -0.39 is 0 Å². The molecule has 0 radical (unpaired) electrons. The third-order valence-corrected chi connectivity index (χ3v) is 3.60. The largest absolute Gasteiger partial charge is 0.388 e. The first-order valence-corrected chi connectivity index (χ1v) is 6.28. The average Bonchev–Trinajstić information content (AvgIpc) is 2.25. The highest BCUT2D eigenvalue weighted by atomic mass is 15.2. The van der Waals surface area contributed by atoms with Gasteiger partial charge in [-0.05, 0) is 39.9 Å². The van der Waals surface area contributed by atoms with Crippen LogP contribution in [0.3, 0.4) is 0 Å².